The van der Waals surface area contributed by atoms with Gasteiger partial charge in [-0.15, -0.1) is 0 Å². The Morgan fingerprint density at radius 2 is 2.15 bits per heavy atom. The Hall–Kier alpha value is -1.72. The minimum absolute atomic E-state index is 0.239. The summed E-state index contributed by atoms with van der Waals surface area (Å²) in [7, 11) is 3.19. The average molecular weight is 282 g/mol. The molecule has 114 valence electrons. The van der Waals surface area contributed by atoms with E-state index < -0.39 is 0 Å². The number of allylic oxidation sites excluding steroid dienone is 1. The number of nitrogens with one attached hydrogen (secondary N) is 2. The number of piperidine rings is 1. The number of aliphatic imine (C=N–C) groups is 1. The Balaban J connectivity index is 2.28. The lowest BCUT2D eigenvalue weighted by atomic mass is 10.1. The molecule has 0 aromatic heterocycles. The maximum atomic E-state index is 11.4. The van der Waals surface area contributed by atoms with Crippen LogP contribution in [0.3, 0.4) is 0 Å². The summed E-state index contributed by atoms with van der Waals surface area (Å²) in [5, 5.41) is 6.68. The highest BCUT2D eigenvalue weighted by Crippen LogP contribution is 2.11. The molecule has 0 aliphatic carbocycles. The van der Waals surface area contributed by atoms with Crippen molar-refractivity contribution >= 4 is 12.1 Å². The van der Waals surface area contributed by atoms with Gasteiger partial charge in [-0.3, -0.25) is 4.99 Å². The van der Waals surface area contributed by atoms with Crippen molar-refractivity contribution in [1.29, 1.82) is 0 Å². The first-order chi connectivity index (χ1) is 9.71. The van der Waals surface area contributed by atoms with Crippen molar-refractivity contribution in [2.45, 2.75) is 32.2 Å². The molecule has 20 heavy (non-hydrogen) atoms. The summed E-state index contributed by atoms with van der Waals surface area (Å²) >= 11 is 0. The molecule has 0 radical (unpaired) electrons. The van der Waals surface area contributed by atoms with Gasteiger partial charge in [0.05, 0.1) is 7.11 Å². The number of carbonyl (C=O) groups excluding carboxylic acids is 1. The van der Waals surface area contributed by atoms with Gasteiger partial charge < -0.3 is 20.3 Å². The standard InChI is InChI=1S/C14H26N4O2/c1-4-5-6-9-16-13(15-2)17-12-7-10-18(11-8-12)14(19)20-3/h4-5,12H,6-11H2,1-3H3,(H2,15,16,17). The molecular weight excluding hydrogens is 256 g/mol. The summed E-state index contributed by atoms with van der Waals surface area (Å²) in [6.07, 6.45) is 6.72. The maximum Gasteiger partial charge on any atom is 0.409 e. The van der Waals surface area contributed by atoms with E-state index in [0.29, 0.717) is 6.04 Å². The lowest BCUT2D eigenvalue weighted by Gasteiger charge is -2.32. The van der Waals surface area contributed by atoms with Crippen LogP contribution >= 0.6 is 0 Å². The SMILES string of the molecule is CC=CCCNC(=NC)NC1CCN(C(=O)OC)CC1. The largest absolute Gasteiger partial charge is 0.453 e. The fraction of sp³-hybridized carbons (Fsp3) is 0.714. The first-order valence-electron chi connectivity index (χ1n) is 7.12. The second-order valence-corrected chi connectivity index (χ2v) is 4.73. The van der Waals surface area contributed by atoms with E-state index >= 15 is 0 Å². The van der Waals surface area contributed by atoms with E-state index in [2.05, 4.69) is 21.7 Å². The molecule has 6 heteroatoms. The lowest BCUT2D eigenvalue weighted by Crippen LogP contribution is -2.49. The van der Waals surface area contributed by atoms with Crippen LogP contribution in [-0.4, -0.2) is 56.8 Å². The molecule has 0 atom stereocenters. The molecule has 0 bridgehead atoms. The predicted octanol–water partition coefficient (Wildman–Crippen LogP) is 1.35. The highest BCUT2D eigenvalue weighted by Gasteiger charge is 2.23. The van der Waals surface area contributed by atoms with Crippen LogP contribution in [0.25, 0.3) is 0 Å². The highest BCUT2D eigenvalue weighted by molar-refractivity contribution is 5.80. The first-order valence-corrected chi connectivity index (χ1v) is 7.12. The van der Waals surface area contributed by atoms with Crippen LogP contribution in [-0.2, 0) is 4.74 Å². The number of ether oxygens (including phenoxy) is 1. The third-order valence-electron chi connectivity index (χ3n) is 3.33. The molecule has 1 aliphatic rings. The summed E-state index contributed by atoms with van der Waals surface area (Å²) in [6.45, 7) is 4.33. The molecule has 0 unspecified atom stereocenters. The molecule has 1 amide bonds. The Morgan fingerprint density at radius 1 is 1.45 bits per heavy atom. The monoisotopic (exact) mass is 282 g/mol. The Bertz CT molecular complexity index is 347. The van der Waals surface area contributed by atoms with Gasteiger partial charge in [0.2, 0.25) is 0 Å². The highest BCUT2D eigenvalue weighted by atomic mass is 16.5. The lowest BCUT2D eigenvalue weighted by molar-refractivity contribution is 0.111. The van der Waals surface area contributed by atoms with Crippen LogP contribution in [0.15, 0.2) is 17.1 Å². The van der Waals surface area contributed by atoms with Gasteiger partial charge in [-0.1, -0.05) is 12.2 Å². The molecule has 1 rings (SSSR count). The number of guanidine groups is 1. The van der Waals surface area contributed by atoms with Crippen LogP contribution in [0.5, 0.6) is 0 Å². The third kappa shape index (κ3) is 5.50. The summed E-state index contributed by atoms with van der Waals surface area (Å²) in [5.41, 5.74) is 0. The average Bonchev–Trinajstić information content (AvgIpc) is 2.50. The summed E-state index contributed by atoms with van der Waals surface area (Å²) in [5.74, 6) is 0.825. The molecule has 6 nitrogen and oxygen atoms in total. The normalized spacial score (nSPS) is 17.4. The van der Waals surface area contributed by atoms with Crippen molar-refractivity contribution in [3.8, 4) is 0 Å². The Morgan fingerprint density at radius 3 is 2.70 bits per heavy atom. The molecular formula is C14H26N4O2. The van der Waals surface area contributed by atoms with Gasteiger partial charge in [0.25, 0.3) is 0 Å². The first kappa shape index (κ1) is 16.3. The van der Waals surface area contributed by atoms with Crippen molar-refractivity contribution in [3.63, 3.8) is 0 Å². The number of nitrogens with zero attached hydrogens (tertiary/aromatic N) is 2. The van der Waals surface area contributed by atoms with Crippen molar-refractivity contribution < 1.29 is 9.53 Å². The van der Waals surface area contributed by atoms with Crippen molar-refractivity contribution in [1.82, 2.24) is 15.5 Å². The number of likely N-dealkylation sites (tertiary alicyclic amines) is 1. The molecule has 1 fully saturated rings. The molecule has 0 spiro atoms. The van der Waals surface area contributed by atoms with Crippen LogP contribution < -0.4 is 10.6 Å². The van der Waals surface area contributed by atoms with Gasteiger partial charge >= 0.3 is 6.09 Å². The van der Waals surface area contributed by atoms with Gasteiger partial charge in [0.15, 0.2) is 5.96 Å². The number of carbonyl (C=O) groups is 1. The van der Waals surface area contributed by atoms with Gasteiger partial charge in [-0.2, -0.15) is 0 Å². The predicted molar refractivity (Wildman–Crippen MR) is 80.9 cm³/mol. The summed E-state index contributed by atoms with van der Waals surface area (Å²) in [4.78, 5) is 17.3. The van der Waals surface area contributed by atoms with Crippen molar-refractivity contribution in [3.05, 3.63) is 12.2 Å². The molecule has 1 heterocycles. The van der Waals surface area contributed by atoms with E-state index in [1.165, 1.54) is 7.11 Å². The molecule has 0 aromatic rings. The summed E-state index contributed by atoms with van der Waals surface area (Å²) < 4.78 is 4.73. The third-order valence-corrected chi connectivity index (χ3v) is 3.33. The fourth-order valence-electron chi connectivity index (χ4n) is 2.16. The van der Waals surface area contributed by atoms with E-state index in [-0.39, 0.29) is 6.09 Å². The minimum Gasteiger partial charge on any atom is -0.453 e. The zero-order valence-corrected chi connectivity index (χ0v) is 12.7. The van der Waals surface area contributed by atoms with Gasteiger partial charge in [0, 0.05) is 32.7 Å². The number of methoxy groups -OCH3 is 1. The van der Waals surface area contributed by atoms with E-state index in [0.717, 1.165) is 44.9 Å². The number of rotatable bonds is 4. The maximum absolute atomic E-state index is 11.4. The van der Waals surface area contributed by atoms with Gasteiger partial charge in [0.1, 0.15) is 0 Å². The van der Waals surface area contributed by atoms with Crippen molar-refractivity contribution in [2.24, 2.45) is 4.99 Å². The Labute approximate surface area is 121 Å². The fourth-order valence-corrected chi connectivity index (χ4v) is 2.16. The number of hydrogen-bond acceptors (Lipinski definition) is 3. The molecule has 0 saturated carbocycles. The van der Waals surface area contributed by atoms with Crippen LogP contribution in [0.4, 0.5) is 4.79 Å². The zero-order valence-electron chi connectivity index (χ0n) is 12.7. The Kier molecular flexibility index (Phi) is 7.54. The topological polar surface area (TPSA) is 66.0 Å². The van der Waals surface area contributed by atoms with E-state index in [4.69, 9.17) is 4.74 Å². The zero-order chi connectivity index (χ0) is 14.8. The quantitative estimate of drug-likeness (QED) is 0.353. The second-order valence-electron chi connectivity index (χ2n) is 4.73. The second kappa shape index (κ2) is 9.23. The minimum atomic E-state index is -0.239. The number of amides is 1. The number of hydrogen-bond donors (Lipinski definition) is 2. The van der Waals surface area contributed by atoms with Crippen LogP contribution in [0, 0.1) is 0 Å². The van der Waals surface area contributed by atoms with E-state index in [1.807, 2.05) is 13.0 Å². The smallest absolute Gasteiger partial charge is 0.409 e. The molecule has 0 aromatic carbocycles. The molecule has 1 aliphatic heterocycles. The molecule has 1 saturated heterocycles. The van der Waals surface area contributed by atoms with E-state index in [9.17, 15) is 4.79 Å². The van der Waals surface area contributed by atoms with Crippen LogP contribution in [0.1, 0.15) is 26.2 Å². The summed E-state index contributed by atoms with van der Waals surface area (Å²) in [6, 6.07) is 0.351. The van der Waals surface area contributed by atoms with Gasteiger partial charge in [-0.25, -0.2) is 4.79 Å². The van der Waals surface area contributed by atoms with Crippen molar-refractivity contribution in [2.75, 3.05) is 33.8 Å². The molecule has 2 N–H and O–H groups in total. The van der Waals surface area contributed by atoms with Gasteiger partial charge in [-0.05, 0) is 26.2 Å². The van der Waals surface area contributed by atoms with E-state index in [1.54, 1.807) is 11.9 Å². The van der Waals surface area contributed by atoms with Crippen LogP contribution in [0.2, 0.25) is 0 Å².